The summed E-state index contributed by atoms with van der Waals surface area (Å²) in [6.45, 7) is 13.4. The van der Waals surface area contributed by atoms with Gasteiger partial charge in [0.15, 0.2) is 0 Å². The fourth-order valence-corrected chi connectivity index (χ4v) is 4.13. The van der Waals surface area contributed by atoms with Crippen LogP contribution < -0.4 is 0 Å². The monoisotopic (exact) mass is 347 g/mol. The second kappa shape index (κ2) is 9.56. The Morgan fingerprint density at radius 1 is 1.04 bits per heavy atom. The molecule has 1 amide bonds. The number of rotatable bonds is 5. The molecule has 2 heterocycles. The average molecular weight is 348 g/mol. The van der Waals surface area contributed by atoms with Gasteiger partial charge < -0.3 is 9.64 Å². The van der Waals surface area contributed by atoms with Gasteiger partial charge in [-0.15, -0.1) is 0 Å². The van der Waals surface area contributed by atoms with Gasteiger partial charge in [0.05, 0.1) is 6.10 Å². The molecule has 0 bridgehead atoms. The maximum Gasteiger partial charge on any atom is 0.219 e. The fraction of sp³-hybridized carbons (Fsp3) is 0.773. The molecule has 0 aromatic heterocycles. The third kappa shape index (κ3) is 6.29. The number of hydrogen-bond donors (Lipinski definition) is 0. The highest BCUT2D eigenvalue weighted by Gasteiger charge is 2.31. The zero-order valence-corrected chi connectivity index (χ0v) is 16.8. The summed E-state index contributed by atoms with van der Waals surface area (Å²) in [4.78, 5) is 13.6. The van der Waals surface area contributed by atoms with Crippen molar-refractivity contribution in [1.29, 1.82) is 0 Å². The van der Waals surface area contributed by atoms with E-state index in [1.54, 1.807) is 12.5 Å². The molecule has 0 saturated carbocycles. The molecule has 2 aliphatic rings. The first-order valence-electron chi connectivity index (χ1n) is 10.1. The minimum absolute atomic E-state index is 0.220. The summed E-state index contributed by atoms with van der Waals surface area (Å²) in [5.74, 6) is 2.64. The van der Waals surface area contributed by atoms with Gasteiger partial charge in [0, 0.05) is 26.6 Å². The summed E-state index contributed by atoms with van der Waals surface area (Å²) < 4.78 is 5.98. The SMILES string of the molecule is CC(=O)N1CCC(/C(=C\C(C)C)C2CCOC(/C=C\C(C)C)C2)CC1. The van der Waals surface area contributed by atoms with E-state index in [1.807, 2.05) is 4.90 Å². The number of nitrogens with zero attached hydrogens (tertiary/aromatic N) is 1. The molecule has 2 aliphatic heterocycles. The normalized spacial score (nSPS) is 26.8. The molecule has 142 valence electrons. The summed E-state index contributed by atoms with van der Waals surface area (Å²) >= 11 is 0. The lowest BCUT2D eigenvalue weighted by atomic mass is 9.76. The van der Waals surface area contributed by atoms with Crippen LogP contribution in [0.2, 0.25) is 0 Å². The van der Waals surface area contributed by atoms with Crippen LogP contribution in [-0.2, 0) is 9.53 Å². The predicted molar refractivity (Wildman–Crippen MR) is 104 cm³/mol. The first-order chi connectivity index (χ1) is 11.9. The van der Waals surface area contributed by atoms with E-state index in [0.29, 0.717) is 23.7 Å². The Kier molecular flexibility index (Phi) is 7.74. The lowest BCUT2D eigenvalue weighted by molar-refractivity contribution is -0.130. The van der Waals surface area contributed by atoms with Crippen LogP contribution in [0.1, 0.15) is 60.3 Å². The zero-order chi connectivity index (χ0) is 18.4. The molecule has 25 heavy (non-hydrogen) atoms. The predicted octanol–water partition coefficient (Wildman–Crippen LogP) is 4.83. The van der Waals surface area contributed by atoms with Gasteiger partial charge in [-0.3, -0.25) is 4.79 Å². The first-order valence-corrected chi connectivity index (χ1v) is 10.1. The average Bonchev–Trinajstić information content (AvgIpc) is 2.58. The Morgan fingerprint density at radius 2 is 1.72 bits per heavy atom. The van der Waals surface area contributed by atoms with Crippen molar-refractivity contribution >= 4 is 5.91 Å². The van der Waals surface area contributed by atoms with Crippen molar-refractivity contribution < 1.29 is 9.53 Å². The zero-order valence-electron chi connectivity index (χ0n) is 16.8. The van der Waals surface area contributed by atoms with Crippen LogP contribution in [0.4, 0.5) is 0 Å². The number of carbonyl (C=O) groups is 1. The number of likely N-dealkylation sites (tertiary alicyclic amines) is 1. The molecule has 2 unspecified atom stereocenters. The molecule has 0 spiro atoms. The number of carbonyl (C=O) groups excluding carboxylic acids is 1. The molecular formula is C22H37NO2. The Labute approximate surface area is 154 Å². The molecule has 2 saturated heterocycles. The number of amides is 1. The molecule has 3 nitrogen and oxygen atoms in total. The van der Waals surface area contributed by atoms with Crippen molar-refractivity contribution in [3.8, 4) is 0 Å². The van der Waals surface area contributed by atoms with E-state index < -0.39 is 0 Å². The van der Waals surface area contributed by atoms with E-state index in [-0.39, 0.29) is 12.0 Å². The van der Waals surface area contributed by atoms with Crippen molar-refractivity contribution in [3.05, 3.63) is 23.8 Å². The van der Waals surface area contributed by atoms with Gasteiger partial charge in [-0.05, 0) is 49.4 Å². The van der Waals surface area contributed by atoms with Gasteiger partial charge in [0.1, 0.15) is 0 Å². The minimum atomic E-state index is 0.220. The van der Waals surface area contributed by atoms with Gasteiger partial charge in [0.25, 0.3) is 0 Å². The standard InChI is InChI=1S/C22H37NO2/c1-16(2)6-7-21-15-20(10-13-25-21)22(14-17(3)4)19-8-11-23(12-9-19)18(5)24/h6-7,14,16-17,19-21H,8-13,15H2,1-5H3/b7-6-,22-14+. The highest BCUT2D eigenvalue weighted by molar-refractivity contribution is 5.73. The van der Waals surface area contributed by atoms with Gasteiger partial charge >= 0.3 is 0 Å². The van der Waals surface area contributed by atoms with E-state index in [2.05, 4.69) is 45.9 Å². The van der Waals surface area contributed by atoms with Crippen molar-refractivity contribution in [3.63, 3.8) is 0 Å². The second-order valence-electron chi connectivity index (χ2n) is 8.45. The fourth-order valence-electron chi connectivity index (χ4n) is 4.13. The molecule has 0 aromatic rings. The molecule has 0 radical (unpaired) electrons. The summed E-state index contributed by atoms with van der Waals surface area (Å²) in [6, 6.07) is 0. The maximum atomic E-state index is 11.6. The molecule has 3 heteroatoms. The van der Waals surface area contributed by atoms with E-state index in [9.17, 15) is 4.79 Å². The van der Waals surface area contributed by atoms with Crippen LogP contribution >= 0.6 is 0 Å². The van der Waals surface area contributed by atoms with Crippen LogP contribution in [0.5, 0.6) is 0 Å². The van der Waals surface area contributed by atoms with Crippen LogP contribution in [-0.4, -0.2) is 36.6 Å². The van der Waals surface area contributed by atoms with Gasteiger partial charge in [-0.1, -0.05) is 51.5 Å². The Hall–Kier alpha value is -1.09. The van der Waals surface area contributed by atoms with Gasteiger partial charge in [0.2, 0.25) is 5.91 Å². The lowest BCUT2D eigenvalue weighted by Gasteiger charge is -2.38. The minimum Gasteiger partial charge on any atom is -0.374 e. The summed E-state index contributed by atoms with van der Waals surface area (Å²) in [7, 11) is 0. The van der Waals surface area contributed by atoms with Crippen molar-refractivity contribution in [1.82, 2.24) is 4.90 Å². The van der Waals surface area contributed by atoms with Crippen LogP contribution in [0.3, 0.4) is 0 Å². The third-order valence-corrected chi connectivity index (χ3v) is 5.43. The number of hydrogen-bond acceptors (Lipinski definition) is 2. The van der Waals surface area contributed by atoms with E-state index in [1.165, 1.54) is 0 Å². The second-order valence-corrected chi connectivity index (χ2v) is 8.45. The van der Waals surface area contributed by atoms with Gasteiger partial charge in [-0.2, -0.15) is 0 Å². The molecule has 0 aliphatic carbocycles. The molecule has 2 fully saturated rings. The molecule has 2 atom stereocenters. The maximum absolute atomic E-state index is 11.6. The molecular weight excluding hydrogens is 310 g/mol. The van der Waals surface area contributed by atoms with Crippen LogP contribution in [0.25, 0.3) is 0 Å². The topological polar surface area (TPSA) is 29.5 Å². The molecule has 0 N–H and O–H groups in total. The third-order valence-electron chi connectivity index (χ3n) is 5.43. The van der Waals surface area contributed by atoms with Crippen molar-refractivity contribution in [2.75, 3.05) is 19.7 Å². The summed E-state index contributed by atoms with van der Waals surface area (Å²) in [5, 5.41) is 0. The lowest BCUT2D eigenvalue weighted by Crippen LogP contribution is -2.38. The number of allylic oxidation sites excluding steroid dienone is 3. The van der Waals surface area contributed by atoms with Crippen molar-refractivity contribution in [2.45, 2.75) is 66.4 Å². The smallest absolute Gasteiger partial charge is 0.219 e. The summed E-state index contributed by atoms with van der Waals surface area (Å²) in [5.41, 5.74) is 1.64. The van der Waals surface area contributed by atoms with Crippen LogP contribution in [0.15, 0.2) is 23.8 Å². The van der Waals surface area contributed by atoms with E-state index in [4.69, 9.17) is 4.74 Å². The summed E-state index contributed by atoms with van der Waals surface area (Å²) in [6.07, 6.45) is 11.8. The van der Waals surface area contributed by atoms with E-state index in [0.717, 1.165) is 45.4 Å². The highest BCUT2D eigenvalue weighted by atomic mass is 16.5. The Balaban J connectivity index is 2.06. The Morgan fingerprint density at radius 3 is 2.28 bits per heavy atom. The van der Waals surface area contributed by atoms with E-state index >= 15 is 0 Å². The first kappa shape index (κ1) is 20.2. The van der Waals surface area contributed by atoms with Crippen molar-refractivity contribution in [2.24, 2.45) is 23.7 Å². The quantitative estimate of drug-likeness (QED) is 0.666. The largest absolute Gasteiger partial charge is 0.374 e. The highest BCUT2D eigenvalue weighted by Crippen LogP contribution is 2.37. The van der Waals surface area contributed by atoms with Crippen LogP contribution in [0, 0.1) is 23.7 Å². The number of piperidine rings is 1. The molecule has 0 aromatic carbocycles. The molecule has 2 rings (SSSR count). The van der Waals surface area contributed by atoms with Gasteiger partial charge in [-0.25, -0.2) is 0 Å². The number of ether oxygens (including phenoxy) is 1. The Bertz CT molecular complexity index is 484.